The van der Waals surface area contributed by atoms with Gasteiger partial charge in [0.15, 0.2) is 0 Å². The van der Waals surface area contributed by atoms with E-state index in [0.717, 1.165) is 18.8 Å². The Kier molecular flexibility index (Phi) is 4.74. The summed E-state index contributed by atoms with van der Waals surface area (Å²) < 4.78 is 0. The molecule has 0 atom stereocenters. The summed E-state index contributed by atoms with van der Waals surface area (Å²) in [5, 5.41) is 6.14. The smallest absolute Gasteiger partial charge is 0.230 e. The molecule has 0 saturated carbocycles. The zero-order chi connectivity index (χ0) is 16.4. The van der Waals surface area contributed by atoms with E-state index >= 15 is 0 Å². The lowest BCUT2D eigenvalue weighted by atomic mass is 9.87. The molecule has 0 bridgehead atoms. The molecular weight excluding hydrogens is 286 g/mol. The Morgan fingerprint density at radius 2 is 1.74 bits per heavy atom. The number of hydrogen-bond donors (Lipinski definition) is 2. The lowest BCUT2D eigenvalue weighted by Crippen LogP contribution is -2.48. The summed E-state index contributed by atoms with van der Waals surface area (Å²) in [5.41, 5.74) is 2.59. The van der Waals surface area contributed by atoms with E-state index in [2.05, 4.69) is 60.6 Å². The first-order valence-electron chi connectivity index (χ1n) is 8.80. The number of rotatable bonds is 3. The first kappa shape index (κ1) is 16.5. The van der Waals surface area contributed by atoms with Crippen molar-refractivity contribution in [2.24, 2.45) is 5.92 Å². The van der Waals surface area contributed by atoms with Gasteiger partial charge in [0, 0.05) is 24.3 Å². The number of likely N-dealkylation sites (tertiary alicyclic amines) is 1. The Labute approximate surface area is 139 Å². The molecule has 2 N–H and O–H groups in total. The van der Waals surface area contributed by atoms with Gasteiger partial charge in [-0.2, -0.15) is 0 Å². The Balaban J connectivity index is 1.54. The van der Waals surface area contributed by atoms with Crippen molar-refractivity contribution in [3.63, 3.8) is 0 Å². The van der Waals surface area contributed by atoms with Crippen LogP contribution in [0.15, 0.2) is 24.3 Å². The molecule has 3 rings (SSSR count). The molecule has 4 heteroatoms. The zero-order valence-electron chi connectivity index (χ0n) is 14.6. The summed E-state index contributed by atoms with van der Waals surface area (Å²) in [6.07, 6.45) is 2.44. The normalized spacial score (nSPS) is 21.0. The molecule has 1 aromatic carbocycles. The van der Waals surface area contributed by atoms with E-state index < -0.39 is 0 Å². The fourth-order valence-electron chi connectivity index (χ4n) is 3.44. The Bertz CT molecular complexity index is 535. The number of anilines is 1. The molecular formula is C19H29N3O. The molecule has 126 valence electrons. The van der Waals surface area contributed by atoms with Crippen LogP contribution in [0.25, 0.3) is 0 Å². The van der Waals surface area contributed by atoms with Crippen molar-refractivity contribution >= 4 is 11.6 Å². The maximum absolute atomic E-state index is 12.0. The second-order valence-electron chi connectivity index (χ2n) is 7.90. The zero-order valence-corrected chi connectivity index (χ0v) is 14.6. The monoisotopic (exact) mass is 315 g/mol. The second kappa shape index (κ2) is 6.62. The van der Waals surface area contributed by atoms with Gasteiger partial charge < -0.3 is 10.6 Å². The van der Waals surface area contributed by atoms with Crippen molar-refractivity contribution in [2.45, 2.75) is 45.1 Å². The molecule has 2 aliphatic rings. The van der Waals surface area contributed by atoms with Gasteiger partial charge in [-0.15, -0.1) is 0 Å². The summed E-state index contributed by atoms with van der Waals surface area (Å²) in [5.74, 6) is 0.917. The minimum atomic E-state index is 0.134. The fraction of sp³-hybridized carbons (Fsp3) is 0.632. The highest BCUT2D eigenvalue weighted by Gasteiger charge is 2.28. The molecule has 0 spiro atoms. The first-order chi connectivity index (χ1) is 10.9. The fourth-order valence-corrected chi connectivity index (χ4v) is 3.44. The van der Waals surface area contributed by atoms with Gasteiger partial charge in [-0.05, 0) is 70.3 Å². The number of hydrogen-bond acceptors (Lipinski definition) is 3. The van der Waals surface area contributed by atoms with E-state index in [1.165, 1.54) is 31.5 Å². The third kappa shape index (κ3) is 3.93. The lowest BCUT2D eigenvalue weighted by molar-refractivity contribution is -0.121. The molecule has 2 aliphatic heterocycles. The maximum atomic E-state index is 12.0. The molecule has 2 fully saturated rings. The Morgan fingerprint density at radius 1 is 1.13 bits per heavy atom. The number of carbonyl (C=O) groups excluding carboxylic acids is 1. The van der Waals surface area contributed by atoms with Crippen LogP contribution >= 0.6 is 0 Å². The quantitative estimate of drug-likeness (QED) is 0.901. The number of piperidine rings is 1. The van der Waals surface area contributed by atoms with Crippen LogP contribution in [0.1, 0.15) is 45.1 Å². The first-order valence-corrected chi connectivity index (χ1v) is 8.80. The summed E-state index contributed by atoms with van der Waals surface area (Å²) in [6.45, 7) is 10.8. The molecule has 0 radical (unpaired) electrons. The van der Waals surface area contributed by atoms with Crippen molar-refractivity contribution < 1.29 is 4.79 Å². The van der Waals surface area contributed by atoms with Crippen molar-refractivity contribution in [3.8, 4) is 0 Å². The summed E-state index contributed by atoms with van der Waals surface area (Å²) in [7, 11) is 0. The summed E-state index contributed by atoms with van der Waals surface area (Å²) in [6, 6.07) is 8.48. The summed E-state index contributed by atoms with van der Waals surface area (Å²) >= 11 is 0. The van der Waals surface area contributed by atoms with Crippen LogP contribution in [-0.2, 0) is 4.79 Å². The Morgan fingerprint density at radius 3 is 2.22 bits per heavy atom. The van der Waals surface area contributed by atoms with Crippen LogP contribution in [0.2, 0.25) is 0 Å². The summed E-state index contributed by atoms with van der Waals surface area (Å²) in [4.78, 5) is 14.5. The minimum absolute atomic E-state index is 0.134. The van der Waals surface area contributed by atoms with Crippen LogP contribution in [0, 0.1) is 5.92 Å². The minimum Gasteiger partial charge on any atom is -0.326 e. The average molecular weight is 315 g/mol. The van der Waals surface area contributed by atoms with Crippen molar-refractivity contribution in [2.75, 3.05) is 31.5 Å². The number of amides is 1. The van der Waals surface area contributed by atoms with E-state index in [-0.39, 0.29) is 17.4 Å². The van der Waals surface area contributed by atoms with Gasteiger partial charge in [0.1, 0.15) is 0 Å². The molecule has 2 heterocycles. The van der Waals surface area contributed by atoms with E-state index in [4.69, 9.17) is 0 Å². The van der Waals surface area contributed by atoms with Gasteiger partial charge in [0.2, 0.25) is 5.91 Å². The predicted octanol–water partition coefficient (Wildman–Crippen LogP) is 2.82. The largest absolute Gasteiger partial charge is 0.326 e. The highest BCUT2D eigenvalue weighted by molar-refractivity contribution is 5.93. The van der Waals surface area contributed by atoms with Crippen molar-refractivity contribution in [1.82, 2.24) is 10.2 Å². The third-order valence-electron chi connectivity index (χ3n) is 5.25. The van der Waals surface area contributed by atoms with Gasteiger partial charge in [-0.25, -0.2) is 0 Å². The molecule has 0 aliphatic carbocycles. The number of carbonyl (C=O) groups is 1. The number of benzene rings is 1. The van der Waals surface area contributed by atoms with Crippen LogP contribution in [0.4, 0.5) is 5.69 Å². The molecule has 1 amide bonds. The van der Waals surface area contributed by atoms with Crippen LogP contribution in [0.3, 0.4) is 0 Å². The molecule has 4 nitrogen and oxygen atoms in total. The Hall–Kier alpha value is -1.39. The van der Waals surface area contributed by atoms with Crippen molar-refractivity contribution in [3.05, 3.63) is 29.8 Å². The standard InChI is InChI=1S/C19H29N3O/c1-19(2,3)22-10-8-15(9-11-22)14-4-6-17(7-5-14)21-18(23)16-12-20-13-16/h4-7,15-16,20H,8-13H2,1-3H3,(H,21,23). The van der Waals surface area contributed by atoms with E-state index in [1.807, 2.05) is 0 Å². The lowest BCUT2D eigenvalue weighted by Gasteiger charge is -2.41. The third-order valence-corrected chi connectivity index (χ3v) is 5.25. The van der Waals surface area contributed by atoms with E-state index in [0.29, 0.717) is 5.92 Å². The number of nitrogens with one attached hydrogen (secondary N) is 2. The molecule has 23 heavy (non-hydrogen) atoms. The van der Waals surface area contributed by atoms with Gasteiger partial charge in [-0.3, -0.25) is 9.69 Å². The molecule has 0 aromatic heterocycles. The van der Waals surface area contributed by atoms with Crippen molar-refractivity contribution in [1.29, 1.82) is 0 Å². The van der Waals surface area contributed by atoms with Gasteiger partial charge in [0.05, 0.1) is 5.92 Å². The van der Waals surface area contributed by atoms with Crippen LogP contribution in [0.5, 0.6) is 0 Å². The molecule has 2 saturated heterocycles. The highest BCUT2D eigenvalue weighted by atomic mass is 16.2. The average Bonchev–Trinajstić information content (AvgIpc) is 2.45. The maximum Gasteiger partial charge on any atom is 0.230 e. The molecule has 1 aromatic rings. The number of nitrogens with zero attached hydrogens (tertiary/aromatic N) is 1. The topological polar surface area (TPSA) is 44.4 Å². The van der Waals surface area contributed by atoms with Gasteiger partial charge >= 0.3 is 0 Å². The molecule has 0 unspecified atom stereocenters. The van der Waals surface area contributed by atoms with Gasteiger partial charge in [-0.1, -0.05) is 12.1 Å². The van der Waals surface area contributed by atoms with E-state index in [1.54, 1.807) is 0 Å². The van der Waals surface area contributed by atoms with Crippen LogP contribution < -0.4 is 10.6 Å². The highest BCUT2D eigenvalue weighted by Crippen LogP contribution is 2.31. The predicted molar refractivity (Wildman–Crippen MR) is 94.7 cm³/mol. The van der Waals surface area contributed by atoms with Crippen LogP contribution in [-0.4, -0.2) is 42.5 Å². The van der Waals surface area contributed by atoms with E-state index in [9.17, 15) is 4.79 Å². The SMILES string of the molecule is CC(C)(C)N1CCC(c2ccc(NC(=O)C3CNC3)cc2)CC1. The van der Waals surface area contributed by atoms with Gasteiger partial charge in [0.25, 0.3) is 0 Å². The second-order valence-corrected chi connectivity index (χ2v) is 7.90.